The van der Waals surface area contributed by atoms with Gasteiger partial charge in [0.15, 0.2) is 0 Å². The van der Waals surface area contributed by atoms with E-state index in [-0.39, 0.29) is 5.92 Å². The Labute approximate surface area is 221 Å². The highest BCUT2D eigenvalue weighted by molar-refractivity contribution is 5.69. The molecule has 0 amide bonds. The largest absolute Gasteiger partial charge is 0.481 e. The van der Waals surface area contributed by atoms with Crippen molar-refractivity contribution >= 4 is 5.97 Å². The molecule has 2 heteroatoms. The van der Waals surface area contributed by atoms with Crippen LogP contribution >= 0.6 is 0 Å². The van der Waals surface area contributed by atoms with Gasteiger partial charge in [-0.05, 0) is 6.42 Å². The first-order valence-electron chi connectivity index (χ1n) is 16.4. The predicted octanol–water partition coefficient (Wildman–Crippen LogP) is 12.0. The molecule has 0 aromatic rings. The minimum absolute atomic E-state index is 0.168. The molecule has 0 aromatic heterocycles. The van der Waals surface area contributed by atoms with Crippen molar-refractivity contribution in [1.82, 2.24) is 0 Å². The Bertz CT molecular complexity index is 406. The zero-order chi connectivity index (χ0) is 25.7. The van der Waals surface area contributed by atoms with Crippen molar-refractivity contribution in [2.24, 2.45) is 5.92 Å². The number of carboxylic acid groups (broad SMARTS) is 1. The van der Waals surface area contributed by atoms with Crippen LogP contribution < -0.4 is 0 Å². The van der Waals surface area contributed by atoms with E-state index in [1.807, 2.05) is 6.92 Å². The van der Waals surface area contributed by atoms with Gasteiger partial charge in [-0.1, -0.05) is 194 Å². The second-order valence-corrected chi connectivity index (χ2v) is 11.6. The van der Waals surface area contributed by atoms with Gasteiger partial charge in [0.25, 0.3) is 0 Å². The summed E-state index contributed by atoms with van der Waals surface area (Å²) in [5.74, 6) is -0.811. The van der Waals surface area contributed by atoms with Crippen LogP contribution in [0.25, 0.3) is 0 Å². The van der Waals surface area contributed by atoms with Crippen molar-refractivity contribution < 1.29 is 9.90 Å². The van der Waals surface area contributed by atoms with Crippen LogP contribution in [-0.2, 0) is 4.79 Å². The summed E-state index contributed by atoms with van der Waals surface area (Å²) in [4.78, 5) is 10.8. The Kier molecular flexibility index (Phi) is 29.2. The number of aliphatic carboxylic acids is 1. The van der Waals surface area contributed by atoms with Crippen LogP contribution in [0.2, 0.25) is 0 Å². The first-order chi connectivity index (χ1) is 17.2. The van der Waals surface area contributed by atoms with E-state index in [2.05, 4.69) is 6.92 Å². The van der Waals surface area contributed by atoms with Gasteiger partial charge in [-0.25, -0.2) is 0 Å². The molecule has 0 saturated carbocycles. The smallest absolute Gasteiger partial charge is 0.306 e. The molecule has 0 spiro atoms. The lowest BCUT2D eigenvalue weighted by atomic mass is 10.0. The summed E-state index contributed by atoms with van der Waals surface area (Å²) in [6, 6.07) is 0. The molecule has 0 bridgehead atoms. The molecule has 35 heavy (non-hydrogen) atoms. The van der Waals surface area contributed by atoms with Crippen molar-refractivity contribution in [3.63, 3.8) is 0 Å². The highest BCUT2D eigenvalue weighted by Gasteiger charge is 2.09. The van der Waals surface area contributed by atoms with Crippen LogP contribution in [0.3, 0.4) is 0 Å². The summed E-state index contributed by atoms with van der Waals surface area (Å²) in [6.45, 7) is 4.12. The van der Waals surface area contributed by atoms with Gasteiger partial charge in [-0.3, -0.25) is 4.79 Å². The molecule has 0 aliphatic heterocycles. The molecule has 0 fully saturated rings. The van der Waals surface area contributed by atoms with Gasteiger partial charge >= 0.3 is 5.97 Å². The van der Waals surface area contributed by atoms with Gasteiger partial charge in [0, 0.05) is 0 Å². The van der Waals surface area contributed by atoms with Crippen molar-refractivity contribution in [1.29, 1.82) is 0 Å². The molecule has 0 heterocycles. The third kappa shape index (κ3) is 29.6. The lowest BCUT2D eigenvalue weighted by molar-refractivity contribution is -0.141. The molecule has 0 rings (SSSR count). The zero-order valence-electron chi connectivity index (χ0n) is 24.4. The summed E-state index contributed by atoms with van der Waals surface area (Å²) in [7, 11) is 0. The predicted molar refractivity (Wildman–Crippen MR) is 156 cm³/mol. The summed E-state index contributed by atoms with van der Waals surface area (Å²) >= 11 is 0. The summed E-state index contributed by atoms with van der Waals surface area (Å²) in [6.07, 6.45) is 40.5. The second kappa shape index (κ2) is 29.7. The maximum atomic E-state index is 10.8. The SMILES string of the molecule is CCCCCCCCCCCCCCCCCCCCCCCCCCCCCCC(C)C(=O)O. The van der Waals surface area contributed by atoms with E-state index in [0.29, 0.717) is 0 Å². The van der Waals surface area contributed by atoms with E-state index in [0.717, 1.165) is 12.8 Å². The van der Waals surface area contributed by atoms with Crippen LogP contribution in [-0.4, -0.2) is 11.1 Å². The number of carboxylic acids is 1. The molecule has 0 aliphatic carbocycles. The Morgan fingerprint density at radius 2 is 0.629 bits per heavy atom. The van der Waals surface area contributed by atoms with Crippen LogP contribution in [0.1, 0.15) is 200 Å². The number of carbonyl (C=O) groups is 1. The van der Waals surface area contributed by atoms with Gasteiger partial charge in [0.05, 0.1) is 5.92 Å². The molecule has 0 saturated heterocycles. The molecule has 1 N–H and O–H groups in total. The van der Waals surface area contributed by atoms with Gasteiger partial charge < -0.3 is 5.11 Å². The van der Waals surface area contributed by atoms with Gasteiger partial charge in [0.2, 0.25) is 0 Å². The van der Waals surface area contributed by atoms with E-state index >= 15 is 0 Å². The summed E-state index contributed by atoms with van der Waals surface area (Å²) in [5.41, 5.74) is 0. The van der Waals surface area contributed by atoms with E-state index in [4.69, 9.17) is 5.11 Å². The molecule has 2 nitrogen and oxygen atoms in total. The zero-order valence-corrected chi connectivity index (χ0v) is 24.4. The summed E-state index contributed by atoms with van der Waals surface area (Å²) < 4.78 is 0. The molecule has 210 valence electrons. The Balaban J connectivity index is 3.05. The monoisotopic (exact) mass is 495 g/mol. The maximum absolute atomic E-state index is 10.8. The fourth-order valence-corrected chi connectivity index (χ4v) is 5.24. The normalized spacial score (nSPS) is 12.3. The minimum atomic E-state index is -0.643. The van der Waals surface area contributed by atoms with E-state index in [1.165, 1.54) is 173 Å². The molecule has 0 aliphatic rings. The third-order valence-corrected chi connectivity index (χ3v) is 7.91. The van der Waals surface area contributed by atoms with E-state index in [1.54, 1.807) is 0 Å². The highest BCUT2D eigenvalue weighted by Crippen LogP contribution is 2.17. The maximum Gasteiger partial charge on any atom is 0.306 e. The topological polar surface area (TPSA) is 37.3 Å². The number of rotatable bonds is 30. The van der Waals surface area contributed by atoms with Crippen molar-refractivity contribution in [2.45, 2.75) is 200 Å². The molecular formula is C33H66O2. The first kappa shape index (κ1) is 34.5. The second-order valence-electron chi connectivity index (χ2n) is 11.6. The van der Waals surface area contributed by atoms with Crippen molar-refractivity contribution in [3.8, 4) is 0 Å². The van der Waals surface area contributed by atoms with Crippen molar-refractivity contribution in [2.75, 3.05) is 0 Å². The average Bonchev–Trinajstić information content (AvgIpc) is 2.85. The van der Waals surface area contributed by atoms with Gasteiger partial charge in [0.1, 0.15) is 0 Å². The van der Waals surface area contributed by atoms with E-state index < -0.39 is 5.97 Å². The molecule has 0 aromatic carbocycles. The molecule has 1 atom stereocenters. The van der Waals surface area contributed by atoms with Crippen LogP contribution in [0.5, 0.6) is 0 Å². The lowest BCUT2D eigenvalue weighted by Crippen LogP contribution is -2.08. The number of hydrogen-bond donors (Lipinski definition) is 1. The van der Waals surface area contributed by atoms with Crippen LogP contribution in [0.15, 0.2) is 0 Å². The van der Waals surface area contributed by atoms with Gasteiger partial charge in [-0.2, -0.15) is 0 Å². The fourth-order valence-electron chi connectivity index (χ4n) is 5.24. The average molecular weight is 495 g/mol. The fraction of sp³-hybridized carbons (Fsp3) is 0.970. The first-order valence-corrected chi connectivity index (χ1v) is 16.4. The minimum Gasteiger partial charge on any atom is -0.481 e. The van der Waals surface area contributed by atoms with Crippen LogP contribution in [0.4, 0.5) is 0 Å². The quantitative estimate of drug-likeness (QED) is 0.101. The molecule has 0 radical (unpaired) electrons. The summed E-state index contributed by atoms with van der Waals surface area (Å²) in [5, 5.41) is 8.88. The van der Waals surface area contributed by atoms with Gasteiger partial charge in [-0.15, -0.1) is 0 Å². The number of hydrogen-bond acceptors (Lipinski definition) is 1. The Morgan fingerprint density at radius 3 is 0.829 bits per heavy atom. The standard InChI is InChI=1S/C33H66O2/c1-3-4-5-6-7-8-9-10-11-12-13-14-15-16-17-18-19-20-21-22-23-24-25-26-27-28-29-30-31-32(2)33(34)35/h32H,3-31H2,1-2H3,(H,34,35). The number of unbranched alkanes of at least 4 members (excludes halogenated alkanes) is 27. The highest BCUT2D eigenvalue weighted by atomic mass is 16.4. The third-order valence-electron chi connectivity index (χ3n) is 7.91. The van der Waals surface area contributed by atoms with Crippen molar-refractivity contribution in [3.05, 3.63) is 0 Å². The van der Waals surface area contributed by atoms with Crippen LogP contribution in [0, 0.1) is 5.92 Å². The Morgan fingerprint density at radius 1 is 0.429 bits per heavy atom. The Hall–Kier alpha value is -0.530. The molecule has 1 unspecified atom stereocenters. The lowest BCUT2D eigenvalue weighted by Gasteiger charge is -2.06. The van der Waals surface area contributed by atoms with E-state index in [9.17, 15) is 4.79 Å². The molecular weight excluding hydrogens is 428 g/mol.